The van der Waals surface area contributed by atoms with Crippen molar-refractivity contribution in [1.82, 2.24) is 0 Å². The van der Waals surface area contributed by atoms with Gasteiger partial charge in [0.2, 0.25) is 0 Å². The van der Waals surface area contributed by atoms with Crippen LogP contribution >= 0.6 is 0 Å². The van der Waals surface area contributed by atoms with E-state index in [2.05, 4.69) is 27.4 Å². The maximum absolute atomic E-state index is 12.8. The molecule has 0 saturated heterocycles. The fraction of sp³-hybridized carbons (Fsp3) is 0.471. The second-order valence-electron chi connectivity index (χ2n) is 6.03. The van der Waals surface area contributed by atoms with Gasteiger partial charge in [-0.05, 0) is 48.4 Å². The lowest BCUT2D eigenvalue weighted by atomic mass is 9.78. The Labute approximate surface area is 115 Å². The van der Waals surface area contributed by atoms with Crippen LogP contribution in [-0.2, 0) is 0 Å². The summed E-state index contributed by atoms with van der Waals surface area (Å²) in [6.07, 6.45) is 4.28. The van der Waals surface area contributed by atoms with Gasteiger partial charge in [0.05, 0.1) is 0 Å². The van der Waals surface area contributed by atoms with Gasteiger partial charge in [-0.1, -0.05) is 26.8 Å². The third-order valence-corrected chi connectivity index (χ3v) is 3.48. The zero-order chi connectivity index (χ0) is 14.5. The van der Waals surface area contributed by atoms with Crippen LogP contribution in [0.1, 0.15) is 50.4 Å². The second-order valence-corrected chi connectivity index (χ2v) is 6.03. The van der Waals surface area contributed by atoms with Crippen molar-refractivity contribution in [2.75, 3.05) is 0 Å². The fourth-order valence-corrected chi connectivity index (χ4v) is 2.17. The van der Waals surface area contributed by atoms with Crippen molar-refractivity contribution in [2.24, 2.45) is 11.3 Å². The Balaban J connectivity index is 2.47. The molecule has 0 aromatic heterocycles. The van der Waals surface area contributed by atoms with Crippen LogP contribution < -0.4 is 0 Å². The molecular weight excluding hydrogens is 239 g/mol. The molecule has 19 heavy (non-hydrogen) atoms. The van der Waals surface area contributed by atoms with E-state index in [1.165, 1.54) is 12.1 Å². The van der Waals surface area contributed by atoms with E-state index in [-0.39, 0.29) is 17.0 Å². The molecule has 1 unspecified atom stereocenters. The SMILES string of the molecule is C=CC(CCCC(=O)c1ccc(F)cc1)C(C)(C)C. The van der Waals surface area contributed by atoms with E-state index in [9.17, 15) is 9.18 Å². The highest BCUT2D eigenvalue weighted by Gasteiger charge is 2.21. The lowest BCUT2D eigenvalue weighted by Gasteiger charge is -2.27. The molecule has 0 saturated carbocycles. The fourth-order valence-electron chi connectivity index (χ4n) is 2.17. The highest BCUT2D eigenvalue weighted by atomic mass is 19.1. The number of hydrogen-bond donors (Lipinski definition) is 0. The first-order chi connectivity index (χ1) is 8.84. The Morgan fingerprint density at radius 2 is 1.89 bits per heavy atom. The van der Waals surface area contributed by atoms with E-state index in [1.54, 1.807) is 12.1 Å². The van der Waals surface area contributed by atoms with Gasteiger partial charge in [-0.3, -0.25) is 4.79 Å². The highest BCUT2D eigenvalue weighted by molar-refractivity contribution is 5.95. The molecule has 1 atom stereocenters. The van der Waals surface area contributed by atoms with Gasteiger partial charge in [0.1, 0.15) is 5.82 Å². The number of benzene rings is 1. The van der Waals surface area contributed by atoms with Crippen LogP contribution in [0.15, 0.2) is 36.9 Å². The molecule has 0 aliphatic carbocycles. The normalized spacial score (nSPS) is 13.1. The quantitative estimate of drug-likeness (QED) is 0.519. The third-order valence-electron chi connectivity index (χ3n) is 3.48. The summed E-state index contributed by atoms with van der Waals surface area (Å²) in [6.45, 7) is 10.4. The topological polar surface area (TPSA) is 17.1 Å². The molecule has 1 aromatic rings. The molecule has 1 rings (SSSR count). The molecule has 104 valence electrons. The van der Waals surface area contributed by atoms with Crippen LogP contribution in [0.3, 0.4) is 0 Å². The van der Waals surface area contributed by atoms with Crippen molar-refractivity contribution >= 4 is 5.78 Å². The average molecular weight is 262 g/mol. The predicted octanol–water partition coefficient (Wildman–Crippen LogP) is 5.03. The van der Waals surface area contributed by atoms with Gasteiger partial charge in [-0.25, -0.2) is 4.39 Å². The van der Waals surface area contributed by atoms with Gasteiger partial charge in [0, 0.05) is 12.0 Å². The highest BCUT2D eigenvalue weighted by Crippen LogP contribution is 2.31. The lowest BCUT2D eigenvalue weighted by Crippen LogP contribution is -2.18. The molecule has 0 radical (unpaired) electrons. The van der Waals surface area contributed by atoms with Gasteiger partial charge in [-0.2, -0.15) is 0 Å². The molecule has 1 aromatic carbocycles. The molecule has 0 fully saturated rings. The van der Waals surface area contributed by atoms with Crippen LogP contribution in [0.25, 0.3) is 0 Å². The van der Waals surface area contributed by atoms with Crippen LogP contribution in [0, 0.1) is 17.2 Å². The Morgan fingerprint density at radius 1 is 1.32 bits per heavy atom. The van der Waals surface area contributed by atoms with Crippen LogP contribution in [0.5, 0.6) is 0 Å². The van der Waals surface area contributed by atoms with Crippen molar-refractivity contribution < 1.29 is 9.18 Å². The van der Waals surface area contributed by atoms with Gasteiger partial charge in [-0.15, -0.1) is 6.58 Å². The van der Waals surface area contributed by atoms with Crippen molar-refractivity contribution in [1.29, 1.82) is 0 Å². The maximum atomic E-state index is 12.8. The largest absolute Gasteiger partial charge is 0.294 e. The number of allylic oxidation sites excluding steroid dienone is 1. The number of hydrogen-bond acceptors (Lipinski definition) is 1. The number of halogens is 1. The van der Waals surface area contributed by atoms with Crippen molar-refractivity contribution in [3.63, 3.8) is 0 Å². The number of carbonyl (C=O) groups excluding carboxylic acids is 1. The summed E-state index contributed by atoms with van der Waals surface area (Å²) in [5.74, 6) is 0.182. The Kier molecular flexibility index (Phi) is 5.46. The summed E-state index contributed by atoms with van der Waals surface area (Å²) >= 11 is 0. The van der Waals surface area contributed by atoms with Crippen LogP contribution in [0.2, 0.25) is 0 Å². The monoisotopic (exact) mass is 262 g/mol. The summed E-state index contributed by atoms with van der Waals surface area (Å²) in [5.41, 5.74) is 0.771. The summed E-state index contributed by atoms with van der Waals surface area (Å²) in [4.78, 5) is 11.9. The lowest BCUT2D eigenvalue weighted by molar-refractivity contribution is 0.0975. The minimum absolute atomic E-state index is 0.0803. The van der Waals surface area contributed by atoms with Gasteiger partial charge in [0.15, 0.2) is 5.78 Å². The molecule has 2 heteroatoms. The second kappa shape index (κ2) is 6.65. The van der Waals surface area contributed by atoms with Crippen LogP contribution in [0.4, 0.5) is 4.39 Å². The van der Waals surface area contributed by atoms with Gasteiger partial charge < -0.3 is 0 Å². The van der Waals surface area contributed by atoms with Crippen molar-refractivity contribution in [3.05, 3.63) is 48.3 Å². The van der Waals surface area contributed by atoms with Gasteiger partial charge >= 0.3 is 0 Å². The van der Waals surface area contributed by atoms with E-state index in [4.69, 9.17) is 0 Å². The van der Waals surface area contributed by atoms with Crippen LogP contribution in [-0.4, -0.2) is 5.78 Å². The van der Waals surface area contributed by atoms with E-state index < -0.39 is 0 Å². The smallest absolute Gasteiger partial charge is 0.162 e. The van der Waals surface area contributed by atoms with Crippen molar-refractivity contribution in [2.45, 2.75) is 40.0 Å². The maximum Gasteiger partial charge on any atom is 0.162 e. The number of carbonyl (C=O) groups is 1. The standard InChI is InChI=1S/C17H23FO/c1-5-14(17(2,3)4)7-6-8-16(19)13-9-11-15(18)12-10-13/h5,9-12,14H,1,6-8H2,2-4H3. The number of ketones is 1. The molecule has 0 spiro atoms. The van der Waals surface area contributed by atoms with E-state index in [0.717, 1.165) is 12.8 Å². The average Bonchev–Trinajstić information content (AvgIpc) is 2.33. The predicted molar refractivity (Wildman–Crippen MR) is 77.7 cm³/mol. The molecule has 0 aliphatic heterocycles. The number of Topliss-reactive ketones (excluding diaryl/α,β-unsaturated/α-hetero) is 1. The summed E-state index contributed by atoms with van der Waals surface area (Å²) in [7, 11) is 0. The molecular formula is C17H23FO. The van der Waals surface area contributed by atoms with E-state index >= 15 is 0 Å². The Morgan fingerprint density at radius 3 is 2.37 bits per heavy atom. The molecule has 0 aliphatic rings. The van der Waals surface area contributed by atoms with Gasteiger partial charge in [0.25, 0.3) is 0 Å². The third kappa shape index (κ3) is 4.98. The Bertz CT molecular complexity index is 426. The summed E-state index contributed by atoms with van der Waals surface area (Å²) < 4.78 is 12.8. The molecule has 0 bridgehead atoms. The zero-order valence-electron chi connectivity index (χ0n) is 12.1. The summed E-state index contributed by atoms with van der Waals surface area (Å²) in [5, 5.41) is 0. The zero-order valence-corrected chi connectivity index (χ0v) is 12.1. The molecule has 0 N–H and O–H groups in total. The van der Waals surface area contributed by atoms with Crippen molar-refractivity contribution in [3.8, 4) is 0 Å². The van der Waals surface area contributed by atoms with E-state index in [1.807, 2.05) is 6.08 Å². The van der Waals surface area contributed by atoms with E-state index in [0.29, 0.717) is 17.9 Å². The number of rotatable bonds is 6. The first-order valence-corrected chi connectivity index (χ1v) is 6.76. The molecule has 0 heterocycles. The minimum Gasteiger partial charge on any atom is -0.294 e. The molecule has 0 amide bonds. The first kappa shape index (κ1) is 15.6. The Hall–Kier alpha value is -1.44. The minimum atomic E-state index is -0.309. The molecule has 1 nitrogen and oxygen atoms in total. The first-order valence-electron chi connectivity index (χ1n) is 6.76. The summed E-state index contributed by atoms with van der Waals surface area (Å²) in [6, 6.07) is 5.75.